The van der Waals surface area contributed by atoms with Gasteiger partial charge in [-0.15, -0.1) is 12.4 Å². The van der Waals surface area contributed by atoms with Gasteiger partial charge in [0.15, 0.2) is 0 Å². The lowest BCUT2D eigenvalue weighted by Gasteiger charge is -2.25. The highest BCUT2D eigenvalue weighted by Gasteiger charge is 2.21. The summed E-state index contributed by atoms with van der Waals surface area (Å²) in [6.45, 7) is 12.4. The number of pyridine rings is 1. The summed E-state index contributed by atoms with van der Waals surface area (Å²) in [4.78, 5) is 13.2. The fourth-order valence-corrected chi connectivity index (χ4v) is 3.02. The first-order valence-corrected chi connectivity index (χ1v) is 9.47. The second-order valence-corrected chi connectivity index (χ2v) is 7.77. The predicted molar refractivity (Wildman–Crippen MR) is 114 cm³/mol. The summed E-state index contributed by atoms with van der Waals surface area (Å²) in [6, 6.07) is 5.60. The van der Waals surface area contributed by atoms with Gasteiger partial charge in [-0.2, -0.15) is 0 Å². The molecule has 27 heavy (non-hydrogen) atoms. The van der Waals surface area contributed by atoms with Gasteiger partial charge in [0.1, 0.15) is 11.5 Å². The summed E-state index contributed by atoms with van der Waals surface area (Å²) < 4.78 is 13.5. The van der Waals surface area contributed by atoms with Crippen LogP contribution >= 0.6 is 12.4 Å². The van der Waals surface area contributed by atoms with Crippen LogP contribution in [0.5, 0.6) is 11.5 Å². The van der Waals surface area contributed by atoms with Gasteiger partial charge in [0.2, 0.25) is 0 Å². The number of benzene rings is 1. The Bertz CT molecular complexity index is 810. The molecule has 0 saturated heterocycles. The Balaban J connectivity index is 0.00000364. The van der Waals surface area contributed by atoms with Crippen LogP contribution in [0.1, 0.15) is 53.2 Å². The molecule has 152 valence electrons. The van der Waals surface area contributed by atoms with E-state index in [0.29, 0.717) is 30.9 Å². The van der Waals surface area contributed by atoms with Crippen LogP contribution in [0.25, 0.3) is 10.8 Å². The lowest BCUT2D eigenvalue weighted by Crippen LogP contribution is -2.31. The van der Waals surface area contributed by atoms with Crippen molar-refractivity contribution in [1.82, 2.24) is 4.57 Å². The summed E-state index contributed by atoms with van der Waals surface area (Å²) in [6.07, 6.45) is 2.01. The van der Waals surface area contributed by atoms with Crippen LogP contribution < -0.4 is 20.8 Å². The number of hydrogen-bond donors (Lipinski definition) is 1. The van der Waals surface area contributed by atoms with Gasteiger partial charge < -0.3 is 19.8 Å². The summed E-state index contributed by atoms with van der Waals surface area (Å²) in [7, 11) is 0. The second kappa shape index (κ2) is 10.00. The van der Waals surface area contributed by atoms with E-state index in [0.717, 1.165) is 29.7 Å². The molecule has 0 aliphatic carbocycles. The number of aromatic nitrogens is 1. The van der Waals surface area contributed by atoms with E-state index in [-0.39, 0.29) is 29.9 Å². The molecule has 2 N–H and O–H groups in total. The summed E-state index contributed by atoms with van der Waals surface area (Å²) in [5.74, 6) is 1.42. The van der Waals surface area contributed by atoms with Crippen LogP contribution in [0, 0.1) is 5.41 Å². The number of nitrogens with two attached hydrogens (primary N) is 1. The molecule has 1 aromatic heterocycles. The topological polar surface area (TPSA) is 66.5 Å². The number of rotatable bonds is 8. The van der Waals surface area contributed by atoms with Crippen molar-refractivity contribution in [1.29, 1.82) is 0 Å². The number of hydrogen-bond acceptors (Lipinski definition) is 4. The maximum atomic E-state index is 13.2. The average molecular weight is 397 g/mol. The van der Waals surface area contributed by atoms with E-state index >= 15 is 0 Å². The number of halogens is 1. The molecule has 0 atom stereocenters. The molecule has 1 heterocycles. The van der Waals surface area contributed by atoms with Crippen molar-refractivity contribution < 1.29 is 9.47 Å². The molecule has 0 radical (unpaired) electrons. The largest absolute Gasteiger partial charge is 0.494 e. The van der Waals surface area contributed by atoms with Gasteiger partial charge in [-0.25, -0.2) is 0 Å². The van der Waals surface area contributed by atoms with Crippen LogP contribution in [0.3, 0.4) is 0 Å². The maximum absolute atomic E-state index is 13.2. The highest BCUT2D eigenvalue weighted by Crippen LogP contribution is 2.31. The average Bonchev–Trinajstić information content (AvgIpc) is 2.58. The molecular weight excluding hydrogens is 364 g/mol. The Hall–Kier alpha value is -1.72. The van der Waals surface area contributed by atoms with E-state index in [1.165, 1.54) is 0 Å². The van der Waals surface area contributed by atoms with Crippen molar-refractivity contribution in [2.24, 2.45) is 11.1 Å². The first-order chi connectivity index (χ1) is 12.3. The van der Waals surface area contributed by atoms with Crippen molar-refractivity contribution in [2.45, 2.75) is 60.5 Å². The zero-order valence-electron chi connectivity index (χ0n) is 17.1. The molecule has 0 aliphatic heterocycles. The molecule has 0 spiro atoms. The van der Waals surface area contributed by atoms with E-state index < -0.39 is 0 Å². The van der Waals surface area contributed by atoms with Crippen molar-refractivity contribution in [3.8, 4) is 11.5 Å². The minimum Gasteiger partial charge on any atom is -0.494 e. The minimum atomic E-state index is -0.0559. The van der Waals surface area contributed by atoms with E-state index in [9.17, 15) is 4.79 Å². The Kier molecular flexibility index (Phi) is 8.63. The molecule has 5 nitrogen and oxygen atoms in total. The second-order valence-electron chi connectivity index (χ2n) is 7.77. The van der Waals surface area contributed by atoms with E-state index in [2.05, 4.69) is 27.7 Å². The van der Waals surface area contributed by atoms with E-state index in [1.807, 2.05) is 25.1 Å². The zero-order chi connectivity index (χ0) is 19.3. The van der Waals surface area contributed by atoms with Gasteiger partial charge in [-0.05, 0) is 37.0 Å². The fraction of sp³-hybridized carbons (Fsp3) is 0.571. The van der Waals surface area contributed by atoms with Crippen LogP contribution in [0.15, 0.2) is 23.0 Å². The minimum absolute atomic E-state index is 0. The Morgan fingerprint density at radius 2 is 1.81 bits per heavy atom. The molecule has 2 aromatic rings. The molecule has 0 amide bonds. The molecule has 2 rings (SSSR count). The molecule has 0 unspecified atom stereocenters. The van der Waals surface area contributed by atoms with Crippen molar-refractivity contribution in [3.63, 3.8) is 0 Å². The molecule has 0 aliphatic rings. The number of unbranched alkanes of at least 4 members (excludes halogenated alkanes) is 1. The SMILES string of the molecule is CCCCOc1c(CN)n(CC(C)(C)C)c(=O)c2cc(OCC)ccc12.Cl. The van der Waals surface area contributed by atoms with Gasteiger partial charge >= 0.3 is 0 Å². The first kappa shape index (κ1) is 23.3. The number of nitrogens with zero attached hydrogens (tertiary/aromatic N) is 1. The molecule has 0 bridgehead atoms. The summed E-state index contributed by atoms with van der Waals surface area (Å²) in [5.41, 5.74) is 6.71. The summed E-state index contributed by atoms with van der Waals surface area (Å²) in [5, 5.41) is 1.42. The Morgan fingerprint density at radius 3 is 2.37 bits per heavy atom. The fourth-order valence-electron chi connectivity index (χ4n) is 3.02. The molecule has 6 heteroatoms. The molecule has 0 fully saturated rings. The predicted octanol–water partition coefficient (Wildman–Crippen LogP) is 4.51. The van der Waals surface area contributed by atoms with Gasteiger partial charge in [-0.3, -0.25) is 4.79 Å². The first-order valence-electron chi connectivity index (χ1n) is 9.47. The molecular formula is C21H33ClN2O3. The highest BCUT2D eigenvalue weighted by atomic mass is 35.5. The lowest BCUT2D eigenvalue weighted by molar-refractivity contribution is 0.295. The normalized spacial score (nSPS) is 11.3. The van der Waals surface area contributed by atoms with Crippen LogP contribution in [0.4, 0.5) is 0 Å². The lowest BCUT2D eigenvalue weighted by atomic mass is 9.96. The van der Waals surface area contributed by atoms with Crippen LogP contribution in [0.2, 0.25) is 0 Å². The third-order valence-corrected chi connectivity index (χ3v) is 4.18. The quantitative estimate of drug-likeness (QED) is 0.667. The standard InChI is InChI=1S/C21H32N2O3.ClH/c1-6-8-11-26-19-16-10-9-15(25-7-2)12-17(16)20(24)23(18(19)13-22)14-21(3,4)5;/h9-10,12H,6-8,11,13-14,22H2,1-5H3;1H. The third kappa shape index (κ3) is 5.63. The zero-order valence-corrected chi connectivity index (χ0v) is 17.9. The summed E-state index contributed by atoms with van der Waals surface area (Å²) >= 11 is 0. The van der Waals surface area contributed by atoms with Gasteiger partial charge in [0.05, 0.1) is 24.3 Å². The van der Waals surface area contributed by atoms with E-state index in [1.54, 1.807) is 4.57 Å². The number of fused-ring (bicyclic) bond motifs is 1. The maximum Gasteiger partial charge on any atom is 0.259 e. The van der Waals surface area contributed by atoms with Crippen LogP contribution in [-0.2, 0) is 13.1 Å². The highest BCUT2D eigenvalue weighted by molar-refractivity contribution is 5.89. The smallest absolute Gasteiger partial charge is 0.259 e. The molecule has 0 saturated carbocycles. The van der Waals surface area contributed by atoms with Gasteiger partial charge in [0, 0.05) is 18.5 Å². The Labute approximate surface area is 168 Å². The van der Waals surface area contributed by atoms with E-state index in [4.69, 9.17) is 15.2 Å². The number of ether oxygens (including phenoxy) is 2. The molecule has 1 aromatic carbocycles. The van der Waals surface area contributed by atoms with Gasteiger partial charge in [-0.1, -0.05) is 34.1 Å². The Morgan fingerprint density at radius 1 is 1.11 bits per heavy atom. The monoisotopic (exact) mass is 396 g/mol. The third-order valence-electron chi connectivity index (χ3n) is 4.18. The van der Waals surface area contributed by atoms with Crippen molar-refractivity contribution in [3.05, 3.63) is 34.2 Å². The van der Waals surface area contributed by atoms with Gasteiger partial charge in [0.25, 0.3) is 5.56 Å². The van der Waals surface area contributed by atoms with Crippen molar-refractivity contribution in [2.75, 3.05) is 13.2 Å². The van der Waals surface area contributed by atoms with Crippen molar-refractivity contribution >= 4 is 23.2 Å². The van der Waals surface area contributed by atoms with Crippen LogP contribution in [-0.4, -0.2) is 17.8 Å².